The van der Waals surface area contributed by atoms with Crippen LogP contribution in [0, 0.1) is 29.9 Å². The Kier molecular flexibility index (Phi) is 7.03. The third-order valence-electron chi connectivity index (χ3n) is 11.1. The molecule has 0 amide bonds. The molecule has 2 heterocycles. The van der Waals surface area contributed by atoms with E-state index in [9.17, 15) is 0 Å². The molecule has 0 aliphatic heterocycles. The zero-order valence-corrected chi connectivity index (χ0v) is 28.4. The highest BCUT2D eigenvalue weighted by molar-refractivity contribution is 6.12. The Hall–Kier alpha value is -6.11. The lowest BCUT2D eigenvalue weighted by atomic mass is 9.64. The molecule has 0 bridgehead atoms. The van der Waals surface area contributed by atoms with Crippen molar-refractivity contribution < 1.29 is 0 Å². The van der Waals surface area contributed by atoms with E-state index in [1.54, 1.807) is 5.57 Å². The van der Waals surface area contributed by atoms with E-state index in [1.807, 2.05) is 12.3 Å². The molecule has 3 heteroatoms. The predicted molar refractivity (Wildman–Crippen MR) is 209 cm³/mol. The Bertz CT molecular complexity index is 2620. The predicted octanol–water partition coefficient (Wildman–Crippen LogP) is 11.7. The second-order valence-electron chi connectivity index (χ2n) is 14.3. The number of fused-ring (bicyclic) bond motifs is 6. The Labute approximate surface area is 298 Å². The minimum Gasteiger partial charge on any atom is -0.256 e. The van der Waals surface area contributed by atoms with Crippen molar-refractivity contribution in [2.45, 2.75) is 25.7 Å². The molecule has 7 aromatic rings. The topological polar surface area (TPSA) is 38.7 Å². The molecule has 242 valence electrons. The van der Waals surface area contributed by atoms with E-state index >= 15 is 0 Å². The molecular formula is C48H35N3. The van der Waals surface area contributed by atoms with Gasteiger partial charge in [-0.05, 0) is 82.1 Å². The van der Waals surface area contributed by atoms with E-state index < -0.39 is 0 Å². The van der Waals surface area contributed by atoms with E-state index in [2.05, 4.69) is 153 Å². The van der Waals surface area contributed by atoms with Crippen LogP contribution in [0.1, 0.15) is 31.4 Å². The summed E-state index contributed by atoms with van der Waals surface area (Å²) in [5.74, 6) is 2.37. The minimum absolute atomic E-state index is 0.176. The third kappa shape index (κ3) is 5.10. The smallest absolute Gasteiger partial charge is 0.160 e. The second-order valence-corrected chi connectivity index (χ2v) is 14.3. The maximum Gasteiger partial charge on any atom is 0.160 e. The fourth-order valence-corrected chi connectivity index (χ4v) is 8.67. The fourth-order valence-electron chi connectivity index (χ4n) is 8.67. The highest BCUT2D eigenvalue weighted by Crippen LogP contribution is 2.50. The maximum atomic E-state index is 5.45. The Morgan fingerprint density at radius 2 is 1.53 bits per heavy atom. The van der Waals surface area contributed by atoms with Crippen molar-refractivity contribution in [1.82, 2.24) is 15.0 Å². The molecule has 0 fully saturated rings. The number of rotatable bonds is 4. The Balaban J connectivity index is 1.17. The van der Waals surface area contributed by atoms with Crippen LogP contribution in [0.5, 0.6) is 0 Å². The lowest BCUT2D eigenvalue weighted by molar-refractivity contribution is 0.402. The number of aromatic nitrogens is 3. The van der Waals surface area contributed by atoms with Crippen molar-refractivity contribution in [3.05, 3.63) is 175 Å². The average molecular weight is 654 g/mol. The monoisotopic (exact) mass is 653 g/mol. The summed E-state index contributed by atoms with van der Waals surface area (Å²) in [6.45, 7) is 2.33. The van der Waals surface area contributed by atoms with Crippen LogP contribution in [0.4, 0.5) is 0 Å². The SMILES string of the molecule is CC1C=CC2=C(C1)C1C=CC=C[C@H]1CC2c1cc(-c2cc3ccc#cc3c3ccccc23)nc(-c2ccc(-c3nccc4ccccc34)cc2)n1. The first-order chi connectivity index (χ1) is 25.2. The number of pyridine rings is 1. The summed E-state index contributed by atoms with van der Waals surface area (Å²) >= 11 is 0. The fraction of sp³-hybridized carbons (Fsp3) is 0.146. The molecule has 4 atom stereocenters. The van der Waals surface area contributed by atoms with E-state index in [0.717, 1.165) is 79.4 Å². The molecule has 2 aromatic heterocycles. The van der Waals surface area contributed by atoms with Crippen molar-refractivity contribution in [3.63, 3.8) is 0 Å². The van der Waals surface area contributed by atoms with Crippen LogP contribution in [0.25, 0.3) is 66.2 Å². The molecule has 3 nitrogen and oxygen atoms in total. The van der Waals surface area contributed by atoms with Crippen molar-refractivity contribution in [3.8, 4) is 33.9 Å². The highest BCUT2D eigenvalue weighted by Gasteiger charge is 2.37. The first kappa shape index (κ1) is 29.8. The van der Waals surface area contributed by atoms with E-state index in [1.165, 1.54) is 11.0 Å². The van der Waals surface area contributed by atoms with Gasteiger partial charge in [0.1, 0.15) is 0 Å². The Morgan fingerprint density at radius 3 is 2.43 bits per heavy atom. The van der Waals surface area contributed by atoms with Gasteiger partial charge >= 0.3 is 0 Å². The summed E-state index contributed by atoms with van der Waals surface area (Å²) < 4.78 is 0. The van der Waals surface area contributed by atoms with Gasteiger partial charge in [-0.25, -0.2) is 9.97 Å². The van der Waals surface area contributed by atoms with Crippen LogP contribution in [0.3, 0.4) is 0 Å². The molecule has 10 rings (SSSR count). The number of nitrogens with zero attached hydrogens (tertiary/aromatic N) is 3. The summed E-state index contributed by atoms with van der Waals surface area (Å²) in [6, 6.07) is 42.9. The van der Waals surface area contributed by atoms with Gasteiger partial charge in [-0.2, -0.15) is 0 Å². The molecule has 0 N–H and O–H groups in total. The molecule has 51 heavy (non-hydrogen) atoms. The van der Waals surface area contributed by atoms with Crippen LogP contribution in [0.2, 0.25) is 0 Å². The van der Waals surface area contributed by atoms with Crippen LogP contribution < -0.4 is 0 Å². The number of benzene rings is 4. The molecule has 0 spiro atoms. The van der Waals surface area contributed by atoms with Gasteiger partial charge in [-0.3, -0.25) is 4.98 Å². The number of hydrogen-bond donors (Lipinski definition) is 0. The van der Waals surface area contributed by atoms with Gasteiger partial charge in [-0.15, -0.1) is 0 Å². The largest absolute Gasteiger partial charge is 0.256 e. The quantitative estimate of drug-likeness (QED) is 0.190. The van der Waals surface area contributed by atoms with E-state index in [0.29, 0.717) is 17.8 Å². The first-order valence-corrected chi connectivity index (χ1v) is 18.0. The van der Waals surface area contributed by atoms with Gasteiger partial charge in [0.05, 0.1) is 17.1 Å². The third-order valence-corrected chi connectivity index (χ3v) is 11.1. The van der Waals surface area contributed by atoms with Gasteiger partial charge in [0.2, 0.25) is 0 Å². The molecule has 0 radical (unpaired) electrons. The molecule has 3 unspecified atom stereocenters. The maximum absolute atomic E-state index is 5.45. The van der Waals surface area contributed by atoms with Crippen LogP contribution >= 0.6 is 0 Å². The van der Waals surface area contributed by atoms with Crippen LogP contribution in [-0.2, 0) is 0 Å². The van der Waals surface area contributed by atoms with E-state index in [-0.39, 0.29) is 5.92 Å². The standard InChI is InChI=1S/C48H35N3/c1-30-18-23-41-42(26-30)37-14-6-4-12-35(37)28-44(41)46-29-45(43-27-34-11-3-5-13-36(34)39-16-8-9-17-40(39)43)50-48(51-46)33-21-19-32(20-22-33)47-38-15-7-2-10-31(38)24-25-49-47/h2-4,6-12,14-25,27,29-30,35,37,44H,26,28H2,1H3/t30?,35-,37?,44?/m0/s1. The van der Waals surface area contributed by atoms with E-state index in [4.69, 9.17) is 15.0 Å². The second kappa shape index (κ2) is 12.0. The average Bonchev–Trinajstić information content (AvgIpc) is 3.20. The normalized spacial score (nSPS) is 20.8. The molecule has 5 aromatic carbocycles. The molecule has 0 saturated heterocycles. The zero-order valence-electron chi connectivity index (χ0n) is 28.4. The minimum atomic E-state index is 0.176. The summed E-state index contributed by atoms with van der Waals surface area (Å²) in [4.78, 5) is 15.6. The Morgan fingerprint density at radius 1 is 0.725 bits per heavy atom. The molecular weight excluding hydrogens is 619 g/mol. The van der Waals surface area contributed by atoms with Crippen molar-refractivity contribution in [1.29, 1.82) is 0 Å². The highest BCUT2D eigenvalue weighted by atomic mass is 14.9. The lowest BCUT2D eigenvalue weighted by Gasteiger charge is -2.40. The van der Waals surface area contributed by atoms with Crippen molar-refractivity contribution in [2.24, 2.45) is 17.8 Å². The van der Waals surface area contributed by atoms with Crippen molar-refractivity contribution in [2.75, 3.05) is 0 Å². The molecule has 3 aliphatic rings. The van der Waals surface area contributed by atoms with Crippen LogP contribution in [0.15, 0.2) is 157 Å². The van der Waals surface area contributed by atoms with Crippen molar-refractivity contribution >= 4 is 32.3 Å². The zero-order chi connectivity index (χ0) is 33.9. The van der Waals surface area contributed by atoms with Gasteiger partial charge in [0, 0.05) is 45.5 Å². The number of hydrogen-bond acceptors (Lipinski definition) is 3. The summed E-state index contributed by atoms with van der Waals surface area (Å²) in [7, 11) is 0. The lowest BCUT2D eigenvalue weighted by Crippen LogP contribution is -2.28. The van der Waals surface area contributed by atoms with Gasteiger partial charge in [0.15, 0.2) is 5.82 Å². The summed E-state index contributed by atoms with van der Waals surface area (Å²) in [5, 5.41) is 6.85. The molecule has 3 aliphatic carbocycles. The van der Waals surface area contributed by atoms with Gasteiger partial charge < -0.3 is 0 Å². The summed E-state index contributed by atoms with van der Waals surface area (Å²) in [5.41, 5.74) is 9.20. The van der Waals surface area contributed by atoms with Gasteiger partial charge in [0.25, 0.3) is 0 Å². The van der Waals surface area contributed by atoms with Gasteiger partial charge in [-0.1, -0.05) is 134 Å². The first-order valence-electron chi connectivity index (χ1n) is 18.0. The number of allylic oxidation sites excluding steroid dienone is 8. The molecule has 0 saturated carbocycles. The van der Waals surface area contributed by atoms with Crippen LogP contribution in [-0.4, -0.2) is 15.0 Å². The summed E-state index contributed by atoms with van der Waals surface area (Å²) in [6.07, 6.45) is 18.1.